The number of hydrogen-bond acceptors (Lipinski definition) is 7. The van der Waals surface area contributed by atoms with Crippen LogP contribution >= 0.6 is 0 Å². The molecule has 1 aromatic carbocycles. The highest BCUT2D eigenvalue weighted by molar-refractivity contribution is 5.77. The molecule has 9 nitrogen and oxygen atoms in total. The fraction of sp³-hybridized carbons (Fsp3) is 0.316. The highest BCUT2D eigenvalue weighted by Gasteiger charge is 2.28. The van der Waals surface area contributed by atoms with Crippen LogP contribution in [-0.2, 0) is 17.9 Å². The first kappa shape index (κ1) is 16.7. The van der Waals surface area contributed by atoms with E-state index in [1.807, 2.05) is 34.9 Å². The van der Waals surface area contributed by atoms with Crippen LogP contribution in [0.3, 0.4) is 0 Å². The summed E-state index contributed by atoms with van der Waals surface area (Å²) < 4.78 is 12.4. The smallest absolute Gasteiger partial charge is 0.246 e. The Bertz CT molecular complexity index is 1120. The zero-order valence-electron chi connectivity index (χ0n) is 15.0. The van der Waals surface area contributed by atoms with Gasteiger partial charge in [-0.25, -0.2) is 4.98 Å². The quantitative estimate of drug-likeness (QED) is 0.526. The van der Waals surface area contributed by atoms with Crippen LogP contribution in [0.2, 0.25) is 0 Å². The molecule has 4 aromatic rings. The van der Waals surface area contributed by atoms with Crippen molar-refractivity contribution in [1.29, 1.82) is 0 Å². The lowest BCUT2D eigenvalue weighted by Crippen LogP contribution is -2.24. The number of amides is 1. The van der Waals surface area contributed by atoms with Crippen molar-refractivity contribution >= 4 is 16.9 Å². The van der Waals surface area contributed by atoms with Gasteiger partial charge in [0.2, 0.25) is 17.6 Å². The van der Waals surface area contributed by atoms with Crippen LogP contribution < -0.4 is 5.32 Å². The minimum atomic E-state index is -0.102. The average molecular weight is 378 g/mol. The van der Waals surface area contributed by atoms with Crippen molar-refractivity contribution in [1.82, 2.24) is 30.2 Å². The summed E-state index contributed by atoms with van der Waals surface area (Å²) in [5.74, 6) is 1.92. The Kier molecular flexibility index (Phi) is 4.12. The minimum absolute atomic E-state index is 0.102. The molecule has 3 aromatic heterocycles. The Hall–Kier alpha value is -3.49. The lowest BCUT2D eigenvalue weighted by atomic mass is 10.3. The maximum absolute atomic E-state index is 12.1. The van der Waals surface area contributed by atoms with Crippen LogP contribution in [0.1, 0.15) is 36.8 Å². The monoisotopic (exact) mass is 378 g/mol. The van der Waals surface area contributed by atoms with Gasteiger partial charge >= 0.3 is 0 Å². The fourth-order valence-corrected chi connectivity index (χ4v) is 3.06. The molecule has 1 N–H and O–H groups in total. The van der Waals surface area contributed by atoms with Crippen molar-refractivity contribution in [2.24, 2.45) is 0 Å². The molecule has 28 heavy (non-hydrogen) atoms. The highest BCUT2D eigenvalue weighted by Crippen LogP contribution is 2.40. The normalized spacial score (nSPS) is 13.9. The molecule has 1 aliphatic rings. The van der Waals surface area contributed by atoms with Crippen LogP contribution in [0.25, 0.3) is 22.6 Å². The minimum Gasteiger partial charge on any atom is -0.360 e. The second kappa shape index (κ2) is 6.91. The Balaban J connectivity index is 1.15. The molecule has 1 fully saturated rings. The lowest BCUT2D eigenvalue weighted by Gasteiger charge is -2.04. The number of hydrogen-bond donors (Lipinski definition) is 1. The third-order valence-electron chi connectivity index (χ3n) is 4.75. The molecular weight excluding hydrogens is 360 g/mol. The highest BCUT2D eigenvalue weighted by atomic mass is 16.5. The van der Waals surface area contributed by atoms with Crippen LogP contribution in [0.4, 0.5) is 0 Å². The van der Waals surface area contributed by atoms with E-state index in [4.69, 9.17) is 9.05 Å². The Labute approximate surface area is 159 Å². The number of aryl methyl sites for hydroxylation is 1. The molecule has 5 rings (SSSR count). The van der Waals surface area contributed by atoms with E-state index in [2.05, 4.69) is 25.6 Å². The van der Waals surface area contributed by atoms with Crippen LogP contribution in [0, 0.1) is 0 Å². The molecule has 1 amide bonds. The first-order chi connectivity index (χ1) is 13.8. The van der Waals surface area contributed by atoms with Crippen molar-refractivity contribution in [3.63, 3.8) is 0 Å². The third-order valence-corrected chi connectivity index (χ3v) is 4.75. The summed E-state index contributed by atoms with van der Waals surface area (Å²) in [5, 5.41) is 10.7. The lowest BCUT2D eigenvalue weighted by molar-refractivity contribution is -0.121. The predicted molar refractivity (Wildman–Crippen MR) is 98.0 cm³/mol. The van der Waals surface area contributed by atoms with Gasteiger partial charge < -0.3 is 18.9 Å². The Morgan fingerprint density at radius 1 is 1.21 bits per heavy atom. The second-order valence-corrected chi connectivity index (χ2v) is 6.85. The van der Waals surface area contributed by atoms with Crippen LogP contribution in [-0.4, -0.2) is 30.8 Å². The summed E-state index contributed by atoms with van der Waals surface area (Å²) in [7, 11) is 0. The molecule has 142 valence electrons. The molecule has 0 saturated heterocycles. The van der Waals surface area contributed by atoms with E-state index in [-0.39, 0.29) is 12.5 Å². The molecule has 0 atom stereocenters. The Morgan fingerprint density at radius 2 is 2.11 bits per heavy atom. The molecule has 0 aliphatic heterocycles. The van der Waals surface area contributed by atoms with Crippen molar-refractivity contribution in [2.75, 3.05) is 0 Å². The van der Waals surface area contributed by atoms with Crippen molar-refractivity contribution < 1.29 is 13.8 Å². The first-order valence-corrected chi connectivity index (χ1v) is 9.22. The summed E-state index contributed by atoms with van der Waals surface area (Å²) >= 11 is 0. The Morgan fingerprint density at radius 3 is 3.00 bits per heavy atom. The number of carbonyl (C=O) groups excluding carboxylic acids is 1. The molecule has 3 heterocycles. The largest absolute Gasteiger partial charge is 0.360 e. The molecule has 9 heteroatoms. The summed E-state index contributed by atoms with van der Waals surface area (Å²) in [6.07, 6.45) is 4.34. The number of fused-ring (bicyclic) bond motifs is 1. The van der Waals surface area contributed by atoms with Crippen molar-refractivity contribution in [3.8, 4) is 11.5 Å². The van der Waals surface area contributed by atoms with Gasteiger partial charge in [0.1, 0.15) is 5.76 Å². The van der Waals surface area contributed by atoms with Gasteiger partial charge in [0.05, 0.1) is 23.9 Å². The van der Waals surface area contributed by atoms with Crippen LogP contribution in [0.5, 0.6) is 0 Å². The zero-order chi connectivity index (χ0) is 18.9. The van der Waals surface area contributed by atoms with Gasteiger partial charge in [-0.3, -0.25) is 4.79 Å². The van der Waals surface area contributed by atoms with E-state index in [1.165, 1.54) is 0 Å². The van der Waals surface area contributed by atoms with Gasteiger partial charge in [0.25, 0.3) is 0 Å². The SMILES string of the molecule is O=C(CCn1cnc2ccccc21)NCc1nc(-c2cc(C3CC3)on2)no1. The van der Waals surface area contributed by atoms with E-state index >= 15 is 0 Å². The molecule has 0 spiro atoms. The van der Waals surface area contributed by atoms with Crippen molar-refractivity contribution in [2.45, 2.75) is 38.3 Å². The maximum atomic E-state index is 12.1. The van der Waals surface area contributed by atoms with E-state index in [0.717, 1.165) is 29.6 Å². The number of aromatic nitrogens is 5. The molecular formula is C19H18N6O3. The van der Waals surface area contributed by atoms with Gasteiger partial charge in [-0.1, -0.05) is 22.4 Å². The van der Waals surface area contributed by atoms with E-state index in [1.54, 1.807) is 6.33 Å². The number of para-hydroxylation sites is 2. The fourth-order valence-electron chi connectivity index (χ4n) is 3.06. The number of nitrogens with one attached hydrogen (secondary N) is 1. The second-order valence-electron chi connectivity index (χ2n) is 6.85. The predicted octanol–water partition coefficient (Wildman–Crippen LogP) is 2.66. The summed E-state index contributed by atoms with van der Waals surface area (Å²) in [6, 6.07) is 9.67. The van der Waals surface area contributed by atoms with Gasteiger partial charge in [-0.2, -0.15) is 4.98 Å². The maximum Gasteiger partial charge on any atom is 0.246 e. The molecule has 1 saturated carbocycles. The standard InChI is InChI=1S/C19H18N6O3/c26-17(7-8-25-11-21-13-3-1-2-4-15(13)25)20-10-18-22-19(24-28-18)14-9-16(27-23-14)12-5-6-12/h1-4,9,11-12H,5-8,10H2,(H,20,26). The molecule has 0 bridgehead atoms. The third kappa shape index (κ3) is 3.38. The molecule has 0 radical (unpaired) electrons. The first-order valence-electron chi connectivity index (χ1n) is 9.22. The number of carbonyl (C=O) groups is 1. The number of benzene rings is 1. The van der Waals surface area contributed by atoms with E-state index in [9.17, 15) is 4.79 Å². The van der Waals surface area contributed by atoms with E-state index in [0.29, 0.717) is 36.3 Å². The zero-order valence-corrected chi connectivity index (χ0v) is 15.0. The van der Waals surface area contributed by atoms with Gasteiger partial charge in [0, 0.05) is 24.9 Å². The summed E-state index contributed by atoms with van der Waals surface area (Å²) in [5.41, 5.74) is 2.48. The molecule has 0 unspecified atom stereocenters. The summed E-state index contributed by atoms with van der Waals surface area (Å²) in [4.78, 5) is 20.7. The van der Waals surface area contributed by atoms with Crippen LogP contribution in [0.15, 0.2) is 45.7 Å². The topological polar surface area (TPSA) is 112 Å². The van der Waals surface area contributed by atoms with Gasteiger partial charge in [-0.05, 0) is 25.0 Å². The molecule has 1 aliphatic carbocycles. The number of rotatable bonds is 7. The summed E-state index contributed by atoms with van der Waals surface area (Å²) in [6.45, 7) is 0.716. The van der Waals surface area contributed by atoms with Crippen molar-refractivity contribution in [3.05, 3.63) is 48.3 Å². The van der Waals surface area contributed by atoms with Gasteiger partial charge in [0.15, 0.2) is 5.69 Å². The average Bonchev–Trinajstić information content (AvgIpc) is 3.12. The number of nitrogens with zero attached hydrogens (tertiary/aromatic N) is 5. The van der Waals surface area contributed by atoms with Gasteiger partial charge in [-0.15, -0.1) is 0 Å². The number of imidazole rings is 1. The van der Waals surface area contributed by atoms with E-state index < -0.39 is 0 Å².